The van der Waals surface area contributed by atoms with Crippen molar-refractivity contribution in [3.8, 4) is 5.75 Å². The third-order valence-electron chi connectivity index (χ3n) is 4.01. The zero-order valence-corrected chi connectivity index (χ0v) is 13.1. The van der Waals surface area contributed by atoms with E-state index < -0.39 is 0 Å². The number of aromatic nitrogens is 2. The molecule has 0 amide bonds. The molecule has 3 N–H and O–H groups in total. The molecule has 0 fully saturated rings. The number of phenolic OH excluding ortho intramolecular Hbond substituents is 1. The third kappa shape index (κ3) is 2.46. The van der Waals surface area contributed by atoms with Crippen LogP contribution in [0, 0.1) is 0 Å². The van der Waals surface area contributed by atoms with Crippen molar-refractivity contribution in [1.29, 1.82) is 0 Å². The van der Waals surface area contributed by atoms with Gasteiger partial charge in [0, 0.05) is 10.9 Å². The molecule has 0 aliphatic heterocycles. The van der Waals surface area contributed by atoms with Gasteiger partial charge in [0.2, 0.25) is 5.95 Å². The number of hydrogen-bond acceptors (Lipinski definition) is 4. The van der Waals surface area contributed by atoms with Crippen molar-refractivity contribution in [2.45, 2.75) is 6.92 Å². The Morgan fingerprint density at radius 2 is 1.83 bits per heavy atom. The summed E-state index contributed by atoms with van der Waals surface area (Å²) in [4.78, 5) is 7.57. The van der Waals surface area contributed by atoms with E-state index in [1.54, 1.807) is 0 Å². The van der Waals surface area contributed by atoms with Gasteiger partial charge in [-0.15, -0.1) is 0 Å². The molecule has 0 saturated heterocycles. The lowest BCUT2D eigenvalue weighted by molar-refractivity contribution is 0.480. The lowest BCUT2D eigenvalue weighted by Gasteiger charge is -2.07. The number of H-pyrrole nitrogens is 1. The molecule has 24 heavy (non-hydrogen) atoms. The summed E-state index contributed by atoms with van der Waals surface area (Å²) in [5, 5.41) is 16.7. The molecule has 0 aliphatic rings. The predicted octanol–water partition coefficient (Wildman–Crippen LogP) is 4.26. The van der Waals surface area contributed by atoms with E-state index >= 15 is 0 Å². The summed E-state index contributed by atoms with van der Waals surface area (Å²) >= 11 is 0. The van der Waals surface area contributed by atoms with Gasteiger partial charge in [-0.1, -0.05) is 42.5 Å². The lowest BCUT2D eigenvalue weighted by atomic mass is 10.0. The Labute approximate surface area is 138 Å². The van der Waals surface area contributed by atoms with E-state index in [9.17, 15) is 5.11 Å². The van der Waals surface area contributed by atoms with Crippen molar-refractivity contribution < 1.29 is 5.11 Å². The summed E-state index contributed by atoms with van der Waals surface area (Å²) < 4.78 is 0. The van der Waals surface area contributed by atoms with Crippen LogP contribution in [0.25, 0.3) is 21.8 Å². The van der Waals surface area contributed by atoms with Crippen LogP contribution in [0.4, 0.5) is 5.95 Å². The van der Waals surface area contributed by atoms with Crippen LogP contribution in [0.15, 0.2) is 65.8 Å². The smallest absolute Gasteiger partial charge is 0.222 e. The van der Waals surface area contributed by atoms with Gasteiger partial charge in [-0.2, -0.15) is 5.10 Å². The van der Waals surface area contributed by atoms with Crippen LogP contribution in [0.5, 0.6) is 5.75 Å². The standard InChI is InChI=1S/C19H16N4O/c1-12(14-11-10-13-6-2-3-7-15(13)18(14)24)22-23-19-20-16-8-4-5-9-17(16)21-19/h2-11,24H,1H3,(H2,20,21,23). The Bertz CT molecular complexity index is 1030. The molecule has 0 unspecified atom stereocenters. The van der Waals surface area contributed by atoms with Gasteiger partial charge >= 0.3 is 0 Å². The molecule has 5 heteroatoms. The van der Waals surface area contributed by atoms with Gasteiger partial charge in [-0.3, -0.25) is 0 Å². The average Bonchev–Trinajstić information content (AvgIpc) is 3.03. The molecule has 3 aromatic carbocycles. The van der Waals surface area contributed by atoms with Crippen LogP contribution < -0.4 is 5.43 Å². The van der Waals surface area contributed by atoms with Crippen LogP contribution in [0.1, 0.15) is 12.5 Å². The molecule has 0 bridgehead atoms. The number of para-hydroxylation sites is 2. The number of fused-ring (bicyclic) bond motifs is 2. The molecule has 1 heterocycles. The lowest BCUT2D eigenvalue weighted by Crippen LogP contribution is -2.01. The van der Waals surface area contributed by atoms with Gasteiger partial charge in [-0.05, 0) is 30.5 Å². The molecule has 0 radical (unpaired) electrons. The van der Waals surface area contributed by atoms with E-state index in [1.165, 1.54) is 0 Å². The maximum atomic E-state index is 10.5. The highest BCUT2D eigenvalue weighted by atomic mass is 16.3. The van der Waals surface area contributed by atoms with Crippen molar-refractivity contribution in [2.75, 3.05) is 5.43 Å². The first-order valence-electron chi connectivity index (χ1n) is 7.68. The van der Waals surface area contributed by atoms with E-state index in [0.29, 0.717) is 17.2 Å². The minimum absolute atomic E-state index is 0.237. The molecule has 0 spiro atoms. The Morgan fingerprint density at radius 1 is 1.04 bits per heavy atom. The number of aromatic amines is 1. The van der Waals surface area contributed by atoms with Crippen molar-refractivity contribution in [3.63, 3.8) is 0 Å². The van der Waals surface area contributed by atoms with Gasteiger partial charge in [0.05, 0.1) is 16.7 Å². The Balaban J connectivity index is 1.66. The normalized spacial score (nSPS) is 12.0. The second-order valence-corrected chi connectivity index (χ2v) is 5.59. The van der Waals surface area contributed by atoms with Crippen LogP contribution in [-0.4, -0.2) is 20.8 Å². The van der Waals surface area contributed by atoms with Crippen molar-refractivity contribution in [2.24, 2.45) is 5.10 Å². The number of imidazole rings is 1. The predicted molar refractivity (Wildman–Crippen MR) is 97.5 cm³/mol. The summed E-state index contributed by atoms with van der Waals surface area (Å²) in [6.45, 7) is 1.85. The highest BCUT2D eigenvalue weighted by molar-refractivity contribution is 6.06. The quantitative estimate of drug-likeness (QED) is 0.390. The Morgan fingerprint density at radius 3 is 2.71 bits per heavy atom. The molecule has 0 saturated carbocycles. The largest absolute Gasteiger partial charge is 0.507 e. The van der Waals surface area contributed by atoms with Crippen molar-refractivity contribution in [3.05, 3.63) is 66.2 Å². The maximum absolute atomic E-state index is 10.5. The molecule has 118 valence electrons. The fourth-order valence-electron chi connectivity index (χ4n) is 2.75. The molecule has 5 nitrogen and oxygen atoms in total. The monoisotopic (exact) mass is 316 g/mol. The molecule has 1 aromatic heterocycles. The van der Waals surface area contributed by atoms with E-state index in [-0.39, 0.29) is 5.75 Å². The van der Waals surface area contributed by atoms with E-state index in [0.717, 1.165) is 21.8 Å². The van der Waals surface area contributed by atoms with Crippen LogP contribution in [0.2, 0.25) is 0 Å². The number of anilines is 1. The maximum Gasteiger partial charge on any atom is 0.222 e. The van der Waals surface area contributed by atoms with E-state index in [2.05, 4.69) is 20.5 Å². The second kappa shape index (κ2) is 5.70. The first kappa shape index (κ1) is 14.3. The second-order valence-electron chi connectivity index (χ2n) is 5.59. The highest BCUT2D eigenvalue weighted by Gasteiger charge is 2.09. The summed E-state index contributed by atoms with van der Waals surface area (Å²) in [5.74, 6) is 0.802. The molecular weight excluding hydrogens is 300 g/mol. The van der Waals surface area contributed by atoms with Gasteiger partial charge in [0.15, 0.2) is 0 Å². The number of hydrogen-bond donors (Lipinski definition) is 3. The number of phenols is 1. The summed E-state index contributed by atoms with van der Waals surface area (Å²) in [7, 11) is 0. The zero-order chi connectivity index (χ0) is 16.5. The number of hydrazone groups is 1. The first-order valence-corrected chi connectivity index (χ1v) is 7.68. The Kier molecular flexibility index (Phi) is 3.39. The molecule has 4 aromatic rings. The van der Waals surface area contributed by atoms with E-state index in [4.69, 9.17) is 0 Å². The summed E-state index contributed by atoms with van der Waals surface area (Å²) in [5.41, 5.74) is 6.11. The zero-order valence-electron chi connectivity index (χ0n) is 13.1. The molecule has 0 atom stereocenters. The number of nitrogens with one attached hydrogen (secondary N) is 2. The van der Waals surface area contributed by atoms with Gasteiger partial charge in [0.25, 0.3) is 0 Å². The fourth-order valence-corrected chi connectivity index (χ4v) is 2.75. The van der Waals surface area contributed by atoms with E-state index in [1.807, 2.05) is 67.6 Å². The Hall–Kier alpha value is -3.34. The number of benzene rings is 3. The minimum atomic E-state index is 0.237. The molecule has 0 aliphatic carbocycles. The van der Waals surface area contributed by atoms with Crippen molar-refractivity contribution >= 4 is 33.5 Å². The van der Waals surface area contributed by atoms with Gasteiger partial charge in [-0.25, -0.2) is 10.4 Å². The number of nitrogens with zero attached hydrogens (tertiary/aromatic N) is 2. The average molecular weight is 316 g/mol. The van der Waals surface area contributed by atoms with Crippen LogP contribution >= 0.6 is 0 Å². The topological polar surface area (TPSA) is 73.3 Å². The van der Waals surface area contributed by atoms with Gasteiger partial charge < -0.3 is 10.1 Å². The van der Waals surface area contributed by atoms with Crippen LogP contribution in [0.3, 0.4) is 0 Å². The van der Waals surface area contributed by atoms with Crippen molar-refractivity contribution in [1.82, 2.24) is 9.97 Å². The molecule has 4 rings (SSSR count). The number of rotatable bonds is 3. The molecular formula is C19H16N4O. The van der Waals surface area contributed by atoms with Crippen LogP contribution in [-0.2, 0) is 0 Å². The SMILES string of the molecule is CC(=NNc1nc2ccccc2[nH]1)c1ccc2ccccc2c1O. The third-order valence-corrected chi connectivity index (χ3v) is 4.01. The minimum Gasteiger partial charge on any atom is -0.507 e. The fraction of sp³-hybridized carbons (Fsp3) is 0.0526. The van der Waals surface area contributed by atoms with Gasteiger partial charge in [0.1, 0.15) is 5.75 Å². The summed E-state index contributed by atoms with van der Waals surface area (Å²) in [6.07, 6.45) is 0. The summed E-state index contributed by atoms with van der Waals surface area (Å²) in [6, 6.07) is 19.4. The first-order chi connectivity index (χ1) is 11.7. The number of aromatic hydroxyl groups is 1. The highest BCUT2D eigenvalue weighted by Crippen LogP contribution is 2.29.